The number of aryl methyl sites for hydroxylation is 2. The molecule has 18 heavy (non-hydrogen) atoms. The van der Waals surface area contributed by atoms with Crippen molar-refractivity contribution >= 4 is 0 Å². The Kier molecular flexibility index (Phi) is 3.05. The van der Waals surface area contributed by atoms with Crippen LogP contribution in [-0.4, -0.2) is 41.9 Å². The average molecular weight is 248 g/mol. The van der Waals surface area contributed by atoms with Gasteiger partial charge in [0.15, 0.2) is 0 Å². The van der Waals surface area contributed by atoms with E-state index < -0.39 is 0 Å². The summed E-state index contributed by atoms with van der Waals surface area (Å²) in [6.07, 6.45) is 1.06. The number of rotatable bonds is 1. The van der Waals surface area contributed by atoms with E-state index in [9.17, 15) is 0 Å². The second-order valence-corrected chi connectivity index (χ2v) is 5.34. The van der Waals surface area contributed by atoms with Crippen LogP contribution in [0.15, 0.2) is 6.07 Å². The van der Waals surface area contributed by atoms with Gasteiger partial charge in [0.25, 0.3) is 0 Å². The zero-order valence-corrected chi connectivity index (χ0v) is 11.0. The summed E-state index contributed by atoms with van der Waals surface area (Å²) in [6, 6.07) is 2.02. The normalized spacial score (nSPS) is 32.0. The van der Waals surface area contributed by atoms with E-state index >= 15 is 0 Å². The molecule has 98 valence electrons. The highest BCUT2D eigenvalue weighted by atomic mass is 16.5. The summed E-state index contributed by atoms with van der Waals surface area (Å²) in [7, 11) is 0. The molecule has 5 heteroatoms. The predicted molar refractivity (Wildman–Crippen MR) is 68.4 cm³/mol. The number of nitrogens with one attached hydrogen (secondary N) is 2. The van der Waals surface area contributed by atoms with Crippen LogP contribution in [0, 0.1) is 13.8 Å². The Hall–Kier alpha value is -1.04. The zero-order valence-electron chi connectivity index (χ0n) is 11.0. The minimum atomic E-state index is 0.0193. The largest absolute Gasteiger partial charge is 0.364 e. The fourth-order valence-corrected chi connectivity index (χ4v) is 3.04. The Morgan fingerprint density at radius 1 is 1.33 bits per heavy atom. The molecule has 0 radical (unpaired) electrons. The van der Waals surface area contributed by atoms with Crippen LogP contribution < -0.4 is 10.6 Å². The molecule has 5 nitrogen and oxygen atoms in total. The molecule has 3 heterocycles. The van der Waals surface area contributed by atoms with Gasteiger partial charge in [0.05, 0.1) is 24.8 Å². The van der Waals surface area contributed by atoms with Gasteiger partial charge in [0.2, 0.25) is 0 Å². The lowest BCUT2D eigenvalue weighted by Crippen LogP contribution is -2.56. The molecular formula is C13H20N4O. The number of aromatic nitrogens is 2. The molecule has 2 atom stereocenters. The van der Waals surface area contributed by atoms with Gasteiger partial charge in [-0.3, -0.25) is 5.32 Å². The first-order valence-electron chi connectivity index (χ1n) is 6.55. The van der Waals surface area contributed by atoms with Crippen LogP contribution in [0.2, 0.25) is 0 Å². The maximum Gasteiger partial charge on any atom is 0.135 e. The lowest BCUT2D eigenvalue weighted by atomic mass is 9.79. The van der Waals surface area contributed by atoms with Gasteiger partial charge < -0.3 is 10.1 Å². The summed E-state index contributed by atoms with van der Waals surface area (Å²) in [5, 5.41) is 6.97. The van der Waals surface area contributed by atoms with E-state index in [1.807, 2.05) is 19.9 Å². The summed E-state index contributed by atoms with van der Waals surface area (Å²) in [5.74, 6) is 1.23. The zero-order chi connectivity index (χ0) is 12.6. The molecular weight excluding hydrogens is 228 g/mol. The lowest BCUT2D eigenvalue weighted by Gasteiger charge is -2.39. The van der Waals surface area contributed by atoms with Crippen molar-refractivity contribution in [2.24, 2.45) is 0 Å². The molecule has 0 amide bonds. The molecule has 2 aliphatic heterocycles. The van der Waals surface area contributed by atoms with Crippen molar-refractivity contribution in [3.8, 4) is 0 Å². The van der Waals surface area contributed by atoms with E-state index in [4.69, 9.17) is 4.74 Å². The molecule has 1 spiro atoms. The standard InChI is InChI=1S/C13H20N4O/c1-9-5-10(2)17-12(16-9)11-6-14-4-3-13(11)7-18-8-15-13/h5,11,14-15H,3-4,6-8H2,1-2H3. The van der Waals surface area contributed by atoms with Crippen LogP contribution in [0.4, 0.5) is 0 Å². The van der Waals surface area contributed by atoms with Crippen molar-refractivity contribution in [2.75, 3.05) is 26.4 Å². The van der Waals surface area contributed by atoms with Crippen molar-refractivity contribution in [3.63, 3.8) is 0 Å². The van der Waals surface area contributed by atoms with Crippen molar-refractivity contribution in [3.05, 3.63) is 23.3 Å². The molecule has 2 N–H and O–H groups in total. The average Bonchev–Trinajstić information content (AvgIpc) is 2.77. The van der Waals surface area contributed by atoms with Crippen molar-refractivity contribution < 1.29 is 4.74 Å². The maximum atomic E-state index is 5.56. The lowest BCUT2D eigenvalue weighted by molar-refractivity contribution is 0.153. The maximum absolute atomic E-state index is 5.56. The summed E-state index contributed by atoms with van der Waals surface area (Å²) in [6.45, 7) is 7.40. The van der Waals surface area contributed by atoms with Gasteiger partial charge in [-0.25, -0.2) is 9.97 Å². The Balaban J connectivity index is 1.97. The molecule has 0 bridgehead atoms. The van der Waals surface area contributed by atoms with Crippen LogP contribution in [-0.2, 0) is 4.74 Å². The number of hydrogen-bond acceptors (Lipinski definition) is 5. The van der Waals surface area contributed by atoms with Crippen LogP contribution in [0.1, 0.15) is 29.6 Å². The monoisotopic (exact) mass is 248 g/mol. The Bertz CT molecular complexity index is 422. The van der Waals surface area contributed by atoms with Gasteiger partial charge in [0.1, 0.15) is 5.82 Å². The molecule has 2 saturated heterocycles. The third kappa shape index (κ3) is 2.02. The van der Waals surface area contributed by atoms with Gasteiger partial charge in [-0.1, -0.05) is 0 Å². The van der Waals surface area contributed by atoms with E-state index in [2.05, 4.69) is 20.6 Å². The van der Waals surface area contributed by atoms with Gasteiger partial charge in [-0.05, 0) is 32.9 Å². The predicted octanol–water partition coefficient (Wildman–Crippen LogP) is 0.486. The Labute approximate surface area is 107 Å². The highest BCUT2D eigenvalue weighted by Crippen LogP contribution is 2.34. The van der Waals surface area contributed by atoms with Crippen LogP contribution in [0.25, 0.3) is 0 Å². The molecule has 2 aliphatic rings. The van der Waals surface area contributed by atoms with E-state index in [0.717, 1.165) is 43.3 Å². The van der Waals surface area contributed by atoms with E-state index in [0.29, 0.717) is 6.73 Å². The highest BCUT2D eigenvalue weighted by molar-refractivity contribution is 5.18. The van der Waals surface area contributed by atoms with Crippen LogP contribution in [0.3, 0.4) is 0 Å². The third-order valence-electron chi connectivity index (χ3n) is 3.96. The smallest absolute Gasteiger partial charge is 0.135 e. The van der Waals surface area contributed by atoms with Crippen molar-refractivity contribution in [2.45, 2.75) is 31.7 Å². The summed E-state index contributed by atoms with van der Waals surface area (Å²) < 4.78 is 5.56. The quantitative estimate of drug-likeness (QED) is 0.757. The van der Waals surface area contributed by atoms with Gasteiger partial charge >= 0.3 is 0 Å². The summed E-state index contributed by atoms with van der Waals surface area (Å²) in [5.41, 5.74) is 2.10. The Morgan fingerprint density at radius 3 is 2.78 bits per heavy atom. The molecule has 2 fully saturated rings. The number of hydrogen-bond donors (Lipinski definition) is 2. The molecule has 3 rings (SSSR count). The molecule has 2 unspecified atom stereocenters. The Morgan fingerprint density at radius 2 is 2.11 bits per heavy atom. The van der Waals surface area contributed by atoms with Crippen LogP contribution >= 0.6 is 0 Å². The fraction of sp³-hybridized carbons (Fsp3) is 0.692. The summed E-state index contributed by atoms with van der Waals surface area (Å²) >= 11 is 0. The highest BCUT2D eigenvalue weighted by Gasteiger charge is 2.45. The molecule has 0 saturated carbocycles. The third-order valence-corrected chi connectivity index (χ3v) is 3.96. The summed E-state index contributed by atoms with van der Waals surface area (Å²) in [4.78, 5) is 9.26. The first-order valence-corrected chi connectivity index (χ1v) is 6.55. The second kappa shape index (κ2) is 4.57. The van der Waals surface area contributed by atoms with E-state index in [1.165, 1.54) is 0 Å². The fourth-order valence-electron chi connectivity index (χ4n) is 3.04. The van der Waals surface area contributed by atoms with Gasteiger partial charge in [0, 0.05) is 17.9 Å². The number of ether oxygens (including phenoxy) is 1. The first-order chi connectivity index (χ1) is 8.70. The number of piperidine rings is 1. The minimum absolute atomic E-state index is 0.0193. The SMILES string of the molecule is Cc1cc(C)nc(C2CNCCC23COCN3)n1. The van der Waals surface area contributed by atoms with E-state index in [1.54, 1.807) is 0 Å². The first kappa shape index (κ1) is 12.0. The molecule has 1 aromatic rings. The molecule has 0 aliphatic carbocycles. The topological polar surface area (TPSA) is 59.1 Å². The number of nitrogens with zero attached hydrogens (tertiary/aromatic N) is 2. The van der Waals surface area contributed by atoms with Gasteiger partial charge in [-0.15, -0.1) is 0 Å². The van der Waals surface area contributed by atoms with Gasteiger partial charge in [-0.2, -0.15) is 0 Å². The van der Waals surface area contributed by atoms with Crippen molar-refractivity contribution in [1.29, 1.82) is 0 Å². The second-order valence-electron chi connectivity index (χ2n) is 5.34. The molecule has 0 aromatic carbocycles. The van der Waals surface area contributed by atoms with Crippen LogP contribution in [0.5, 0.6) is 0 Å². The molecule has 1 aromatic heterocycles. The van der Waals surface area contributed by atoms with Crippen molar-refractivity contribution in [1.82, 2.24) is 20.6 Å². The minimum Gasteiger partial charge on any atom is -0.364 e. The van der Waals surface area contributed by atoms with E-state index in [-0.39, 0.29) is 11.5 Å².